The Balaban J connectivity index is 1.48. The maximum absolute atomic E-state index is 13.6. The fourth-order valence-electron chi connectivity index (χ4n) is 4.41. The fourth-order valence-corrected chi connectivity index (χ4v) is 4.41. The Morgan fingerprint density at radius 2 is 1.76 bits per heavy atom. The summed E-state index contributed by atoms with van der Waals surface area (Å²) in [6, 6.07) is 20.3. The zero-order chi connectivity index (χ0) is 20.6. The van der Waals surface area contributed by atoms with Crippen molar-refractivity contribution in [2.75, 3.05) is 19.0 Å². The molecule has 1 fully saturated rings. The molecule has 2 atom stereocenters. The van der Waals surface area contributed by atoms with E-state index in [1.807, 2.05) is 18.2 Å². The van der Waals surface area contributed by atoms with Crippen molar-refractivity contribution >= 4 is 5.69 Å². The van der Waals surface area contributed by atoms with Crippen LogP contribution in [-0.4, -0.2) is 18.8 Å². The summed E-state index contributed by atoms with van der Waals surface area (Å²) in [4.78, 5) is 0. The molecule has 3 nitrogen and oxygen atoms in total. The number of methoxy groups -OCH3 is 1. The van der Waals surface area contributed by atoms with Crippen LogP contribution in [0.15, 0.2) is 66.7 Å². The molecule has 0 amide bonds. The molecular formula is C25H26FNO2. The smallest absolute Gasteiger partial charge is 0.142 e. The van der Waals surface area contributed by atoms with Crippen LogP contribution in [0.1, 0.15) is 25.3 Å². The summed E-state index contributed by atoms with van der Waals surface area (Å²) in [5, 5.41) is 13.4. The molecule has 2 N–H and O–H groups in total. The maximum atomic E-state index is 13.6. The third kappa shape index (κ3) is 3.67. The number of benzene rings is 3. The summed E-state index contributed by atoms with van der Waals surface area (Å²) in [5.74, 6) is 1.52. The number of para-hydroxylation sites is 1. The predicted octanol–water partition coefficient (Wildman–Crippen LogP) is 6.06. The van der Waals surface area contributed by atoms with Crippen molar-refractivity contribution in [3.63, 3.8) is 0 Å². The molecule has 0 saturated heterocycles. The highest BCUT2D eigenvalue weighted by molar-refractivity contribution is 5.70. The van der Waals surface area contributed by atoms with Crippen LogP contribution in [0.5, 0.6) is 11.5 Å². The second-order valence-electron chi connectivity index (χ2n) is 8.27. The van der Waals surface area contributed by atoms with Crippen LogP contribution in [0.3, 0.4) is 0 Å². The number of anilines is 1. The van der Waals surface area contributed by atoms with Crippen molar-refractivity contribution in [3.05, 3.63) is 78.1 Å². The summed E-state index contributed by atoms with van der Waals surface area (Å²) in [6.07, 6.45) is 0. The highest BCUT2D eigenvalue weighted by atomic mass is 19.1. The van der Waals surface area contributed by atoms with Crippen LogP contribution in [0.4, 0.5) is 10.1 Å². The first-order chi connectivity index (χ1) is 13.9. The molecule has 4 rings (SSSR count). The molecule has 1 saturated carbocycles. The van der Waals surface area contributed by atoms with E-state index in [0.717, 1.165) is 17.7 Å². The highest BCUT2D eigenvalue weighted by Crippen LogP contribution is 2.64. The lowest BCUT2D eigenvalue weighted by Gasteiger charge is -2.11. The third-order valence-corrected chi connectivity index (χ3v) is 6.21. The van der Waals surface area contributed by atoms with E-state index in [1.165, 1.54) is 17.7 Å². The first kappa shape index (κ1) is 19.3. The molecule has 0 radical (unpaired) electrons. The van der Waals surface area contributed by atoms with Gasteiger partial charge in [-0.25, -0.2) is 4.39 Å². The number of phenols is 1. The van der Waals surface area contributed by atoms with Crippen molar-refractivity contribution in [3.8, 4) is 22.6 Å². The molecule has 0 heterocycles. The van der Waals surface area contributed by atoms with Crippen molar-refractivity contribution in [1.82, 2.24) is 0 Å². The largest absolute Gasteiger partial charge is 0.507 e. The maximum Gasteiger partial charge on any atom is 0.142 e. The van der Waals surface area contributed by atoms with Gasteiger partial charge in [0, 0.05) is 18.2 Å². The van der Waals surface area contributed by atoms with Crippen LogP contribution >= 0.6 is 0 Å². The van der Waals surface area contributed by atoms with Gasteiger partial charge in [0.1, 0.15) is 17.3 Å². The molecule has 29 heavy (non-hydrogen) atoms. The van der Waals surface area contributed by atoms with Gasteiger partial charge in [-0.2, -0.15) is 0 Å². The van der Waals surface area contributed by atoms with E-state index in [-0.39, 0.29) is 17.0 Å². The normalized spacial score (nSPS) is 19.6. The number of nitrogens with one attached hydrogen (secondary N) is 1. The van der Waals surface area contributed by atoms with Gasteiger partial charge in [0.05, 0.1) is 12.8 Å². The minimum Gasteiger partial charge on any atom is -0.507 e. The van der Waals surface area contributed by atoms with Crippen molar-refractivity contribution in [2.24, 2.45) is 11.3 Å². The van der Waals surface area contributed by atoms with Gasteiger partial charge in [-0.3, -0.25) is 0 Å². The van der Waals surface area contributed by atoms with Crippen molar-refractivity contribution in [1.29, 1.82) is 0 Å². The Kier molecular flexibility index (Phi) is 4.95. The van der Waals surface area contributed by atoms with E-state index in [0.29, 0.717) is 23.3 Å². The van der Waals surface area contributed by atoms with Crippen LogP contribution < -0.4 is 10.1 Å². The number of halogens is 1. The molecule has 1 aliphatic rings. The van der Waals surface area contributed by atoms with E-state index in [9.17, 15) is 9.50 Å². The molecule has 0 bridgehead atoms. The topological polar surface area (TPSA) is 41.5 Å². The number of rotatable bonds is 6. The van der Waals surface area contributed by atoms with E-state index in [1.54, 1.807) is 19.2 Å². The van der Waals surface area contributed by atoms with Crippen LogP contribution in [0.25, 0.3) is 11.1 Å². The SMILES string of the molecule is COc1ccc(F)cc1NCC1C(c2ccc(-c3ccccc3O)cc2)C1(C)C. The van der Waals surface area contributed by atoms with Gasteiger partial charge in [0.25, 0.3) is 0 Å². The minimum atomic E-state index is -0.278. The van der Waals surface area contributed by atoms with Crippen LogP contribution in [0.2, 0.25) is 0 Å². The molecule has 3 aromatic carbocycles. The molecule has 150 valence electrons. The fraction of sp³-hybridized carbons (Fsp3) is 0.280. The summed E-state index contributed by atoms with van der Waals surface area (Å²) in [5.41, 5.74) is 3.97. The van der Waals surface area contributed by atoms with E-state index in [4.69, 9.17) is 4.74 Å². The van der Waals surface area contributed by atoms with Gasteiger partial charge in [0.15, 0.2) is 0 Å². The number of phenolic OH excluding ortho intramolecular Hbond substituents is 1. The minimum absolute atomic E-state index is 0.157. The molecule has 2 unspecified atom stereocenters. The lowest BCUT2D eigenvalue weighted by atomic mass is 9.99. The van der Waals surface area contributed by atoms with Gasteiger partial charge in [-0.1, -0.05) is 56.3 Å². The zero-order valence-electron chi connectivity index (χ0n) is 16.9. The predicted molar refractivity (Wildman–Crippen MR) is 115 cm³/mol. The third-order valence-electron chi connectivity index (χ3n) is 6.21. The zero-order valence-corrected chi connectivity index (χ0v) is 16.9. The van der Waals surface area contributed by atoms with Crippen molar-refractivity contribution in [2.45, 2.75) is 19.8 Å². The second-order valence-corrected chi connectivity index (χ2v) is 8.27. The molecule has 0 aliphatic heterocycles. The number of hydrogen-bond donors (Lipinski definition) is 2. The van der Waals surface area contributed by atoms with E-state index < -0.39 is 0 Å². The van der Waals surface area contributed by atoms with Gasteiger partial charge in [-0.15, -0.1) is 0 Å². The summed E-state index contributed by atoms with van der Waals surface area (Å²) in [6.45, 7) is 5.28. The lowest BCUT2D eigenvalue weighted by molar-refractivity contribution is 0.415. The van der Waals surface area contributed by atoms with Gasteiger partial charge in [-0.05, 0) is 46.6 Å². The van der Waals surface area contributed by atoms with Gasteiger partial charge >= 0.3 is 0 Å². The quantitative estimate of drug-likeness (QED) is 0.537. The number of hydrogen-bond acceptors (Lipinski definition) is 3. The second kappa shape index (κ2) is 7.43. The number of aromatic hydroxyl groups is 1. The molecule has 4 heteroatoms. The average Bonchev–Trinajstić information content (AvgIpc) is 3.27. The Hall–Kier alpha value is -3.01. The van der Waals surface area contributed by atoms with Crippen LogP contribution in [0, 0.1) is 17.2 Å². The lowest BCUT2D eigenvalue weighted by Crippen LogP contribution is -2.08. The standard InChI is InChI=1S/C25H26FNO2/c1-25(2)20(15-27-21-14-18(26)12-13-23(21)29-3)24(25)17-10-8-16(9-11-17)19-6-4-5-7-22(19)28/h4-14,20,24,27-28H,15H2,1-3H3. The van der Waals surface area contributed by atoms with Gasteiger partial charge < -0.3 is 15.2 Å². The summed E-state index contributed by atoms with van der Waals surface area (Å²) < 4.78 is 18.9. The first-order valence-corrected chi connectivity index (χ1v) is 9.87. The Morgan fingerprint density at radius 1 is 1.03 bits per heavy atom. The Bertz CT molecular complexity index is 1010. The average molecular weight is 391 g/mol. The van der Waals surface area contributed by atoms with E-state index >= 15 is 0 Å². The molecule has 0 spiro atoms. The molecule has 1 aliphatic carbocycles. The van der Waals surface area contributed by atoms with E-state index in [2.05, 4.69) is 43.4 Å². The monoisotopic (exact) mass is 391 g/mol. The Labute approximate surface area is 171 Å². The molecular weight excluding hydrogens is 365 g/mol. The summed E-state index contributed by atoms with van der Waals surface area (Å²) >= 11 is 0. The highest BCUT2D eigenvalue weighted by Gasteiger charge is 2.57. The summed E-state index contributed by atoms with van der Waals surface area (Å²) in [7, 11) is 1.59. The first-order valence-electron chi connectivity index (χ1n) is 9.87. The molecule has 0 aromatic heterocycles. The van der Waals surface area contributed by atoms with Crippen molar-refractivity contribution < 1.29 is 14.2 Å². The Morgan fingerprint density at radius 3 is 2.45 bits per heavy atom. The van der Waals surface area contributed by atoms with Crippen LogP contribution in [-0.2, 0) is 0 Å². The number of ether oxygens (including phenoxy) is 1. The van der Waals surface area contributed by atoms with Gasteiger partial charge in [0.2, 0.25) is 0 Å². The molecule has 3 aromatic rings.